The van der Waals surface area contributed by atoms with E-state index < -0.39 is 10.0 Å². The molecular formula is C20H20N4O5S2. The van der Waals surface area contributed by atoms with E-state index in [-0.39, 0.29) is 43.4 Å². The second-order valence-electron chi connectivity index (χ2n) is 7.04. The van der Waals surface area contributed by atoms with Crippen molar-refractivity contribution in [1.29, 1.82) is 0 Å². The van der Waals surface area contributed by atoms with Gasteiger partial charge in [0.2, 0.25) is 33.6 Å². The number of sulfonamides is 1. The number of amides is 2. The maximum atomic E-state index is 12.6. The Labute approximate surface area is 183 Å². The molecule has 31 heavy (non-hydrogen) atoms. The molecule has 1 fully saturated rings. The summed E-state index contributed by atoms with van der Waals surface area (Å²) in [6, 6.07) is 10.7. The Balaban J connectivity index is 1.44. The average molecular weight is 461 g/mol. The number of hydrogen-bond donors (Lipinski definition) is 1. The number of aromatic nitrogens is 2. The molecule has 2 aromatic heterocycles. The van der Waals surface area contributed by atoms with Gasteiger partial charge in [0.15, 0.2) is 0 Å². The van der Waals surface area contributed by atoms with E-state index in [4.69, 9.17) is 4.52 Å². The molecule has 3 heterocycles. The summed E-state index contributed by atoms with van der Waals surface area (Å²) in [6.07, 6.45) is 1.29. The minimum Gasteiger partial charge on any atom is -0.339 e. The second kappa shape index (κ2) is 8.98. The van der Waals surface area contributed by atoms with E-state index in [9.17, 15) is 18.0 Å². The molecular weight excluding hydrogens is 440 g/mol. The molecule has 0 atom stereocenters. The van der Waals surface area contributed by atoms with Crippen molar-refractivity contribution < 1.29 is 22.5 Å². The quantitative estimate of drug-likeness (QED) is 0.513. The molecule has 9 nitrogen and oxygen atoms in total. The highest BCUT2D eigenvalue weighted by molar-refractivity contribution is 7.92. The monoisotopic (exact) mass is 460 g/mol. The van der Waals surface area contributed by atoms with Gasteiger partial charge in [0.1, 0.15) is 0 Å². The first-order chi connectivity index (χ1) is 14.9. The van der Waals surface area contributed by atoms with Gasteiger partial charge in [-0.05, 0) is 29.5 Å². The topological polar surface area (TPSA) is 122 Å². The highest BCUT2D eigenvalue weighted by Gasteiger charge is 2.27. The van der Waals surface area contributed by atoms with E-state index in [1.165, 1.54) is 11.3 Å². The second-order valence-corrected chi connectivity index (χ2v) is 9.83. The molecule has 0 bridgehead atoms. The van der Waals surface area contributed by atoms with Crippen LogP contribution < -0.4 is 4.72 Å². The van der Waals surface area contributed by atoms with Crippen LogP contribution in [0.2, 0.25) is 0 Å². The van der Waals surface area contributed by atoms with Crippen LogP contribution in [0.25, 0.3) is 10.7 Å². The van der Waals surface area contributed by atoms with Gasteiger partial charge in [-0.25, -0.2) is 8.42 Å². The minimum atomic E-state index is -3.79. The molecule has 4 rings (SSSR count). The maximum Gasteiger partial charge on any atom is 0.234 e. The minimum absolute atomic E-state index is 0.164. The van der Waals surface area contributed by atoms with Gasteiger partial charge in [-0.3, -0.25) is 19.2 Å². The SMILES string of the molecule is O=C1CCCC(=O)N1CCS(=O)(=O)Nc1ccccc1Cc1nc(-c2cccs2)no1. The number of rotatable bonds is 8. The molecule has 1 aliphatic rings. The first-order valence-electron chi connectivity index (χ1n) is 9.69. The van der Waals surface area contributed by atoms with Crippen LogP contribution in [0.4, 0.5) is 5.69 Å². The number of anilines is 1. The smallest absolute Gasteiger partial charge is 0.234 e. The summed E-state index contributed by atoms with van der Waals surface area (Å²) in [6.45, 7) is -0.164. The molecule has 0 spiro atoms. The molecule has 0 aliphatic carbocycles. The Kier molecular flexibility index (Phi) is 6.14. The number of benzene rings is 1. The lowest BCUT2D eigenvalue weighted by Gasteiger charge is -2.24. The predicted octanol–water partition coefficient (Wildman–Crippen LogP) is 2.67. The molecule has 1 saturated heterocycles. The Morgan fingerprint density at radius 1 is 1.10 bits per heavy atom. The normalized spacial score (nSPS) is 14.8. The predicted molar refractivity (Wildman–Crippen MR) is 115 cm³/mol. The molecule has 1 aromatic carbocycles. The zero-order valence-electron chi connectivity index (χ0n) is 16.5. The fraction of sp³-hybridized carbons (Fsp3) is 0.300. The molecule has 162 valence electrons. The highest BCUT2D eigenvalue weighted by atomic mass is 32.2. The lowest BCUT2D eigenvalue weighted by atomic mass is 10.1. The number of hydrogen-bond acceptors (Lipinski definition) is 8. The zero-order valence-corrected chi connectivity index (χ0v) is 18.1. The van der Waals surface area contributed by atoms with Crippen molar-refractivity contribution >= 4 is 38.9 Å². The van der Waals surface area contributed by atoms with Crippen molar-refractivity contribution in [3.05, 3.63) is 53.2 Å². The van der Waals surface area contributed by atoms with Gasteiger partial charge in [-0.2, -0.15) is 4.98 Å². The molecule has 11 heteroatoms. The molecule has 0 saturated carbocycles. The first-order valence-corrected chi connectivity index (χ1v) is 12.2. The van der Waals surface area contributed by atoms with Gasteiger partial charge in [0.05, 0.1) is 22.7 Å². The van der Waals surface area contributed by atoms with Crippen LogP contribution in [-0.4, -0.2) is 47.6 Å². The first kappa shape index (κ1) is 21.2. The van der Waals surface area contributed by atoms with Crippen LogP contribution in [0, 0.1) is 0 Å². The Morgan fingerprint density at radius 2 is 1.87 bits per heavy atom. The Bertz CT molecular complexity index is 1170. The van der Waals surface area contributed by atoms with Crippen LogP contribution in [0.5, 0.6) is 0 Å². The third-order valence-corrected chi connectivity index (χ3v) is 6.92. The maximum absolute atomic E-state index is 12.6. The lowest BCUT2D eigenvalue weighted by molar-refractivity contribution is -0.147. The van der Waals surface area contributed by atoms with E-state index in [1.54, 1.807) is 24.3 Å². The summed E-state index contributed by atoms with van der Waals surface area (Å²) < 4.78 is 33.1. The summed E-state index contributed by atoms with van der Waals surface area (Å²) in [5.74, 6) is -0.185. The van der Waals surface area contributed by atoms with Crippen molar-refractivity contribution in [2.45, 2.75) is 25.7 Å². The number of carbonyl (C=O) groups is 2. The number of nitrogens with one attached hydrogen (secondary N) is 1. The number of likely N-dealkylation sites (tertiary alicyclic amines) is 1. The number of thiophene rings is 1. The van der Waals surface area contributed by atoms with Crippen molar-refractivity contribution in [3.63, 3.8) is 0 Å². The van der Waals surface area contributed by atoms with Gasteiger partial charge >= 0.3 is 0 Å². The summed E-state index contributed by atoms with van der Waals surface area (Å²) in [5.41, 5.74) is 1.05. The fourth-order valence-corrected chi connectivity index (χ4v) is 4.96. The van der Waals surface area contributed by atoms with Crippen LogP contribution >= 0.6 is 11.3 Å². The largest absolute Gasteiger partial charge is 0.339 e. The average Bonchev–Trinajstić information content (AvgIpc) is 3.41. The summed E-state index contributed by atoms with van der Waals surface area (Å²) in [4.78, 5) is 30.1. The van der Waals surface area contributed by atoms with Crippen LogP contribution in [0.15, 0.2) is 46.3 Å². The summed E-state index contributed by atoms with van der Waals surface area (Å²) >= 11 is 1.50. The molecule has 3 aromatic rings. The number of para-hydroxylation sites is 1. The molecule has 1 aliphatic heterocycles. The number of piperidine rings is 1. The highest BCUT2D eigenvalue weighted by Crippen LogP contribution is 2.24. The number of imide groups is 1. The van der Waals surface area contributed by atoms with E-state index in [2.05, 4.69) is 14.9 Å². The van der Waals surface area contributed by atoms with Gasteiger partial charge in [0, 0.05) is 19.4 Å². The third kappa shape index (κ3) is 5.17. The van der Waals surface area contributed by atoms with Crippen molar-refractivity contribution in [1.82, 2.24) is 15.0 Å². The Hall–Kier alpha value is -3.05. The van der Waals surface area contributed by atoms with Crippen molar-refractivity contribution in [2.24, 2.45) is 0 Å². The van der Waals surface area contributed by atoms with Crippen LogP contribution in [0.3, 0.4) is 0 Å². The molecule has 0 unspecified atom stereocenters. The van der Waals surface area contributed by atoms with Gasteiger partial charge in [0.25, 0.3) is 0 Å². The van der Waals surface area contributed by atoms with E-state index in [1.807, 2.05) is 17.5 Å². The van der Waals surface area contributed by atoms with Gasteiger partial charge in [-0.1, -0.05) is 29.4 Å². The van der Waals surface area contributed by atoms with E-state index >= 15 is 0 Å². The molecule has 2 amide bonds. The van der Waals surface area contributed by atoms with Gasteiger partial charge < -0.3 is 4.52 Å². The lowest BCUT2D eigenvalue weighted by Crippen LogP contribution is -2.43. The third-order valence-electron chi connectivity index (χ3n) is 4.80. The molecule has 0 radical (unpaired) electrons. The summed E-state index contributed by atoms with van der Waals surface area (Å²) in [5, 5.41) is 5.89. The van der Waals surface area contributed by atoms with E-state index in [0.717, 1.165) is 9.78 Å². The number of carbonyl (C=O) groups excluding carboxylic acids is 2. The van der Waals surface area contributed by atoms with Crippen LogP contribution in [-0.2, 0) is 26.0 Å². The number of nitrogens with zero attached hydrogens (tertiary/aromatic N) is 3. The van der Waals surface area contributed by atoms with Crippen molar-refractivity contribution in [2.75, 3.05) is 17.0 Å². The van der Waals surface area contributed by atoms with Crippen molar-refractivity contribution in [3.8, 4) is 10.7 Å². The molecule has 1 N–H and O–H groups in total. The fourth-order valence-electron chi connectivity index (χ4n) is 3.25. The van der Waals surface area contributed by atoms with Gasteiger partial charge in [-0.15, -0.1) is 11.3 Å². The standard InChI is InChI=1S/C20H20N4O5S2/c25-18-8-3-9-19(26)24(18)10-12-31(27,28)23-15-6-2-1-5-14(15)13-17-21-20(22-29-17)16-7-4-11-30-16/h1-2,4-7,11,23H,3,8-10,12-13H2. The van der Waals surface area contributed by atoms with Crippen LogP contribution in [0.1, 0.15) is 30.7 Å². The Morgan fingerprint density at radius 3 is 2.61 bits per heavy atom. The van der Waals surface area contributed by atoms with E-state index in [0.29, 0.717) is 29.4 Å². The summed E-state index contributed by atoms with van der Waals surface area (Å²) in [7, 11) is -3.79. The zero-order chi connectivity index (χ0) is 21.8.